The summed E-state index contributed by atoms with van der Waals surface area (Å²) in [5, 5.41) is 6.72. The number of anilines is 4. The van der Waals surface area contributed by atoms with Gasteiger partial charge in [0.15, 0.2) is 0 Å². The maximum atomic E-state index is 4.77. The van der Waals surface area contributed by atoms with E-state index >= 15 is 0 Å². The van der Waals surface area contributed by atoms with Crippen molar-refractivity contribution in [3.8, 4) is 0 Å². The van der Waals surface area contributed by atoms with Crippen molar-refractivity contribution in [2.75, 3.05) is 17.0 Å². The Morgan fingerprint density at radius 1 is 0.567 bits per heavy atom. The minimum atomic E-state index is 1.02. The van der Waals surface area contributed by atoms with Crippen LogP contribution in [0, 0.1) is 6.92 Å². The van der Waals surface area contributed by atoms with Gasteiger partial charge in [-0.25, -0.2) is 5.01 Å². The smallest absolute Gasteiger partial charge is 0.0652 e. The average molecular weight is 392 g/mol. The van der Waals surface area contributed by atoms with Crippen molar-refractivity contribution < 1.29 is 0 Å². The molecule has 30 heavy (non-hydrogen) atoms. The summed E-state index contributed by atoms with van der Waals surface area (Å²) in [6.45, 7) is 2.10. The predicted molar refractivity (Wildman–Crippen MR) is 128 cm³/mol. The summed E-state index contributed by atoms with van der Waals surface area (Å²) in [5.74, 6) is 0. The predicted octanol–water partition coefficient (Wildman–Crippen LogP) is 6.94. The second-order valence-corrected chi connectivity index (χ2v) is 7.21. The molecule has 0 saturated heterocycles. The Bertz CT molecular complexity index is 1050. The fourth-order valence-corrected chi connectivity index (χ4v) is 3.25. The van der Waals surface area contributed by atoms with Crippen LogP contribution < -0.4 is 9.91 Å². The maximum absolute atomic E-state index is 4.77. The number of aryl methyl sites for hydroxylation is 1. The lowest BCUT2D eigenvalue weighted by Gasteiger charge is -2.20. The van der Waals surface area contributed by atoms with Gasteiger partial charge < -0.3 is 4.90 Å². The Balaban J connectivity index is 1.55. The van der Waals surface area contributed by atoms with Crippen LogP contribution in [0.4, 0.5) is 22.7 Å². The molecule has 148 valence electrons. The molecular weight excluding hydrogens is 366 g/mol. The molecule has 0 bridgehead atoms. The molecular formula is C27H25N3. The Labute approximate surface area is 178 Å². The molecule has 4 aromatic carbocycles. The Hall–Kier alpha value is -3.85. The Kier molecular flexibility index (Phi) is 5.90. The average Bonchev–Trinajstić information content (AvgIpc) is 2.81. The van der Waals surface area contributed by atoms with Crippen LogP contribution in [0.5, 0.6) is 0 Å². The van der Waals surface area contributed by atoms with Crippen LogP contribution in [0.15, 0.2) is 114 Å². The highest BCUT2D eigenvalue weighted by Gasteiger charge is 2.07. The fraction of sp³-hybridized carbons (Fsp3) is 0.0741. The molecule has 0 N–H and O–H groups in total. The zero-order chi connectivity index (χ0) is 20.8. The third-order valence-corrected chi connectivity index (χ3v) is 5.03. The lowest BCUT2D eigenvalue weighted by molar-refractivity contribution is 1.09. The normalized spacial score (nSPS) is 10.9. The zero-order valence-electron chi connectivity index (χ0n) is 17.3. The van der Waals surface area contributed by atoms with Crippen molar-refractivity contribution in [2.24, 2.45) is 5.10 Å². The summed E-state index contributed by atoms with van der Waals surface area (Å²) in [7, 11) is 2.08. The lowest BCUT2D eigenvalue weighted by Crippen LogP contribution is -2.10. The second kappa shape index (κ2) is 9.10. The molecule has 0 aliphatic rings. The van der Waals surface area contributed by atoms with Gasteiger partial charge in [0, 0.05) is 18.4 Å². The van der Waals surface area contributed by atoms with E-state index in [1.807, 2.05) is 47.6 Å². The molecule has 3 heteroatoms. The minimum absolute atomic E-state index is 1.02. The quantitative estimate of drug-likeness (QED) is 0.262. The van der Waals surface area contributed by atoms with E-state index in [-0.39, 0.29) is 0 Å². The molecule has 0 saturated carbocycles. The van der Waals surface area contributed by atoms with Gasteiger partial charge in [-0.05, 0) is 61.0 Å². The van der Waals surface area contributed by atoms with Crippen LogP contribution in [0.25, 0.3) is 0 Å². The van der Waals surface area contributed by atoms with E-state index in [1.54, 1.807) is 0 Å². The van der Waals surface area contributed by atoms with Gasteiger partial charge in [-0.15, -0.1) is 0 Å². The van der Waals surface area contributed by atoms with Gasteiger partial charge in [0.2, 0.25) is 0 Å². The topological polar surface area (TPSA) is 18.8 Å². The highest BCUT2D eigenvalue weighted by atomic mass is 15.5. The fourth-order valence-electron chi connectivity index (χ4n) is 3.25. The van der Waals surface area contributed by atoms with E-state index in [9.17, 15) is 0 Å². The first-order chi connectivity index (χ1) is 14.7. The number of para-hydroxylation sites is 2. The maximum Gasteiger partial charge on any atom is 0.0652 e. The van der Waals surface area contributed by atoms with E-state index in [0.29, 0.717) is 0 Å². The van der Waals surface area contributed by atoms with E-state index in [1.165, 1.54) is 11.3 Å². The van der Waals surface area contributed by atoms with Gasteiger partial charge in [0.05, 0.1) is 17.6 Å². The first kappa shape index (κ1) is 19.5. The number of benzene rings is 4. The van der Waals surface area contributed by atoms with Crippen molar-refractivity contribution in [1.29, 1.82) is 0 Å². The largest absolute Gasteiger partial charge is 0.345 e. The number of rotatable bonds is 6. The van der Waals surface area contributed by atoms with E-state index in [0.717, 1.165) is 22.6 Å². The summed E-state index contributed by atoms with van der Waals surface area (Å²) in [4.78, 5) is 2.18. The van der Waals surface area contributed by atoms with Gasteiger partial charge in [-0.1, -0.05) is 66.2 Å². The van der Waals surface area contributed by atoms with Gasteiger partial charge in [0.25, 0.3) is 0 Å². The van der Waals surface area contributed by atoms with Gasteiger partial charge >= 0.3 is 0 Å². The van der Waals surface area contributed by atoms with Crippen LogP contribution in [-0.2, 0) is 0 Å². The molecule has 4 aromatic rings. The standard InChI is InChI=1S/C27H25N3/c1-22-13-17-24(18-14-22)29(2)25-19-15-23(16-20-25)21-28-30(26-9-5-3-6-10-26)27-11-7-4-8-12-27/h3-21H,1-2H3/b28-21+. The molecule has 4 rings (SSSR count). The number of hydrazone groups is 1. The van der Waals surface area contributed by atoms with E-state index < -0.39 is 0 Å². The van der Waals surface area contributed by atoms with Crippen molar-refractivity contribution in [3.05, 3.63) is 120 Å². The molecule has 0 aromatic heterocycles. The lowest BCUT2D eigenvalue weighted by atomic mass is 10.2. The first-order valence-electron chi connectivity index (χ1n) is 10.1. The van der Waals surface area contributed by atoms with Crippen LogP contribution >= 0.6 is 0 Å². The molecule has 0 heterocycles. The monoisotopic (exact) mass is 391 g/mol. The molecule has 3 nitrogen and oxygen atoms in total. The third kappa shape index (κ3) is 4.58. The SMILES string of the molecule is Cc1ccc(N(C)c2ccc(/C=N/N(c3ccccc3)c3ccccc3)cc2)cc1. The Morgan fingerprint density at radius 3 is 1.53 bits per heavy atom. The van der Waals surface area contributed by atoms with Crippen LogP contribution in [0.3, 0.4) is 0 Å². The van der Waals surface area contributed by atoms with E-state index in [2.05, 4.69) is 91.7 Å². The molecule has 0 aliphatic carbocycles. The van der Waals surface area contributed by atoms with Crippen LogP contribution in [0.1, 0.15) is 11.1 Å². The molecule has 0 unspecified atom stereocenters. The van der Waals surface area contributed by atoms with Gasteiger partial charge in [0.1, 0.15) is 0 Å². The van der Waals surface area contributed by atoms with Gasteiger partial charge in [-0.2, -0.15) is 5.10 Å². The van der Waals surface area contributed by atoms with Crippen LogP contribution in [0.2, 0.25) is 0 Å². The molecule has 0 fully saturated rings. The third-order valence-electron chi connectivity index (χ3n) is 5.03. The summed E-state index contributed by atoms with van der Waals surface area (Å²) < 4.78 is 0. The molecule has 0 amide bonds. The highest BCUT2D eigenvalue weighted by molar-refractivity contribution is 5.82. The highest BCUT2D eigenvalue weighted by Crippen LogP contribution is 2.26. The summed E-state index contributed by atoms with van der Waals surface area (Å²) >= 11 is 0. The molecule has 0 radical (unpaired) electrons. The van der Waals surface area contributed by atoms with Crippen molar-refractivity contribution in [3.63, 3.8) is 0 Å². The minimum Gasteiger partial charge on any atom is -0.345 e. The molecule has 0 atom stereocenters. The van der Waals surface area contributed by atoms with Crippen molar-refractivity contribution >= 4 is 29.0 Å². The van der Waals surface area contributed by atoms with Crippen molar-refractivity contribution in [1.82, 2.24) is 0 Å². The zero-order valence-corrected chi connectivity index (χ0v) is 17.3. The number of hydrogen-bond donors (Lipinski definition) is 0. The molecule has 0 aliphatic heterocycles. The summed E-state index contributed by atoms with van der Waals surface area (Å²) in [6.07, 6.45) is 1.90. The number of nitrogens with zero attached hydrogens (tertiary/aromatic N) is 3. The summed E-state index contributed by atoms with van der Waals surface area (Å²) in [6, 6.07) is 37.3. The van der Waals surface area contributed by atoms with Gasteiger partial charge in [-0.3, -0.25) is 0 Å². The number of hydrogen-bond acceptors (Lipinski definition) is 3. The van der Waals surface area contributed by atoms with Crippen LogP contribution in [-0.4, -0.2) is 13.3 Å². The second-order valence-electron chi connectivity index (χ2n) is 7.21. The first-order valence-corrected chi connectivity index (χ1v) is 10.1. The molecule has 0 spiro atoms. The van der Waals surface area contributed by atoms with E-state index in [4.69, 9.17) is 5.10 Å². The Morgan fingerprint density at radius 2 is 1.03 bits per heavy atom. The summed E-state index contributed by atoms with van der Waals surface area (Å²) in [5.41, 5.74) is 6.67. The van der Waals surface area contributed by atoms with Crippen molar-refractivity contribution in [2.45, 2.75) is 6.92 Å².